The Bertz CT molecular complexity index is 1030. The number of aliphatic carboxylic acids is 1. The molecular weight excluding hydrogens is 360 g/mol. The van der Waals surface area contributed by atoms with Crippen molar-refractivity contribution >= 4 is 22.8 Å². The number of H-pyrrole nitrogens is 1. The Balaban J connectivity index is 1.44. The van der Waals surface area contributed by atoms with Crippen LogP contribution in [0, 0.1) is 0 Å². The summed E-state index contributed by atoms with van der Waals surface area (Å²) in [5.41, 5.74) is 2.52. The monoisotopic (exact) mass is 380 g/mol. The van der Waals surface area contributed by atoms with Crippen LogP contribution in [0.4, 0.5) is 0 Å². The van der Waals surface area contributed by atoms with Crippen LogP contribution >= 0.6 is 0 Å². The van der Waals surface area contributed by atoms with Crippen LogP contribution in [0.3, 0.4) is 0 Å². The highest BCUT2D eigenvalue weighted by atomic mass is 16.6. The lowest BCUT2D eigenvalue weighted by molar-refractivity contribution is -0.141. The summed E-state index contributed by atoms with van der Waals surface area (Å²) in [7, 11) is 0. The van der Waals surface area contributed by atoms with E-state index < -0.39 is 12.0 Å². The van der Waals surface area contributed by atoms with Gasteiger partial charge < -0.3 is 24.9 Å². The number of amides is 1. The van der Waals surface area contributed by atoms with Crippen LogP contribution in [-0.2, 0) is 22.4 Å². The molecule has 4 rings (SSSR count). The summed E-state index contributed by atoms with van der Waals surface area (Å²) in [5, 5.41) is 13.1. The average Bonchev–Trinajstić information content (AvgIpc) is 3.10. The normalized spacial score (nSPS) is 13.9. The number of carboxylic acid groups (broad SMARTS) is 1. The molecular formula is C21H20N2O5. The molecule has 7 nitrogen and oxygen atoms in total. The summed E-state index contributed by atoms with van der Waals surface area (Å²) in [6.45, 7) is 0.968. The molecule has 0 fully saturated rings. The topological polar surface area (TPSA) is 101 Å². The van der Waals surface area contributed by atoms with E-state index in [0.717, 1.165) is 22.0 Å². The molecule has 144 valence electrons. The zero-order valence-corrected chi connectivity index (χ0v) is 15.1. The minimum atomic E-state index is -1.07. The maximum Gasteiger partial charge on any atom is 0.326 e. The van der Waals surface area contributed by atoms with Gasteiger partial charge in [0.05, 0.1) is 6.42 Å². The SMILES string of the molecule is O=C(Cc1ccc2c(c1)OCCO2)N[C@@H](Cc1c[nH]c2ccccc12)C(=O)O. The van der Waals surface area contributed by atoms with Crippen molar-refractivity contribution in [1.82, 2.24) is 10.3 Å². The Hall–Kier alpha value is -3.48. The second kappa shape index (κ2) is 7.64. The van der Waals surface area contributed by atoms with Gasteiger partial charge in [-0.1, -0.05) is 24.3 Å². The smallest absolute Gasteiger partial charge is 0.326 e. The van der Waals surface area contributed by atoms with E-state index in [4.69, 9.17) is 9.47 Å². The highest BCUT2D eigenvalue weighted by molar-refractivity contribution is 5.87. The van der Waals surface area contributed by atoms with Crippen LogP contribution in [0.1, 0.15) is 11.1 Å². The third-order valence-corrected chi connectivity index (χ3v) is 4.70. The summed E-state index contributed by atoms with van der Waals surface area (Å²) in [4.78, 5) is 27.2. The van der Waals surface area contributed by atoms with E-state index in [1.165, 1.54) is 0 Å². The van der Waals surface area contributed by atoms with Gasteiger partial charge in [-0.15, -0.1) is 0 Å². The maximum atomic E-state index is 12.4. The molecule has 1 amide bonds. The molecule has 0 bridgehead atoms. The summed E-state index contributed by atoms with van der Waals surface area (Å²) in [5.74, 6) is -0.173. The summed E-state index contributed by atoms with van der Waals surface area (Å²) in [6.07, 6.45) is 2.05. The summed E-state index contributed by atoms with van der Waals surface area (Å²) in [6, 6.07) is 11.9. The van der Waals surface area contributed by atoms with E-state index in [0.29, 0.717) is 24.7 Å². The fourth-order valence-electron chi connectivity index (χ4n) is 3.35. The first-order chi connectivity index (χ1) is 13.6. The molecule has 1 aliphatic heterocycles. The molecule has 0 saturated heterocycles. The van der Waals surface area contributed by atoms with E-state index in [-0.39, 0.29) is 18.7 Å². The number of benzene rings is 2. The van der Waals surface area contributed by atoms with Crippen molar-refractivity contribution in [3.8, 4) is 11.5 Å². The van der Waals surface area contributed by atoms with Crippen molar-refractivity contribution in [2.45, 2.75) is 18.9 Å². The number of carbonyl (C=O) groups excluding carboxylic acids is 1. The zero-order valence-electron chi connectivity index (χ0n) is 15.1. The quantitative estimate of drug-likeness (QED) is 0.609. The Morgan fingerprint density at radius 2 is 1.89 bits per heavy atom. The van der Waals surface area contributed by atoms with Gasteiger partial charge in [-0.05, 0) is 29.3 Å². The molecule has 0 radical (unpaired) electrons. The Kier molecular flexibility index (Phi) is 4.89. The van der Waals surface area contributed by atoms with Gasteiger partial charge in [0.1, 0.15) is 19.3 Å². The van der Waals surface area contributed by atoms with Crippen LogP contribution in [0.25, 0.3) is 10.9 Å². The Labute approximate surface area is 161 Å². The molecule has 3 N–H and O–H groups in total. The molecule has 7 heteroatoms. The third-order valence-electron chi connectivity index (χ3n) is 4.70. The van der Waals surface area contributed by atoms with Crippen LogP contribution in [-0.4, -0.2) is 41.2 Å². The molecule has 1 aromatic heterocycles. The number of ether oxygens (including phenoxy) is 2. The van der Waals surface area contributed by atoms with E-state index in [1.807, 2.05) is 24.3 Å². The highest BCUT2D eigenvalue weighted by Gasteiger charge is 2.22. The Morgan fingerprint density at radius 3 is 2.71 bits per heavy atom. The van der Waals surface area contributed by atoms with E-state index in [9.17, 15) is 14.7 Å². The molecule has 0 unspecified atom stereocenters. The van der Waals surface area contributed by atoms with Gasteiger partial charge in [0.25, 0.3) is 0 Å². The average molecular weight is 380 g/mol. The van der Waals surface area contributed by atoms with Crippen LogP contribution in [0.15, 0.2) is 48.7 Å². The van der Waals surface area contributed by atoms with E-state index >= 15 is 0 Å². The number of nitrogens with one attached hydrogen (secondary N) is 2. The predicted molar refractivity (Wildman–Crippen MR) is 103 cm³/mol. The van der Waals surface area contributed by atoms with Crippen molar-refractivity contribution in [2.75, 3.05) is 13.2 Å². The van der Waals surface area contributed by atoms with E-state index in [1.54, 1.807) is 24.4 Å². The molecule has 1 atom stereocenters. The fourth-order valence-corrected chi connectivity index (χ4v) is 3.35. The van der Waals surface area contributed by atoms with Crippen molar-refractivity contribution in [3.63, 3.8) is 0 Å². The van der Waals surface area contributed by atoms with Gasteiger partial charge in [-0.3, -0.25) is 4.79 Å². The summed E-state index contributed by atoms with van der Waals surface area (Å²) < 4.78 is 11.0. The van der Waals surface area contributed by atoms with Crippen LogP contribution in [0.5, 0.6) is 11.5 Å². The van der Waals surface area contributed by atoms with Crippen molar-refractivity contribution < 1.29 is 24.2 Å². The van der Waals surface area contributed by atoms with Gasteiger partial charge in [-0.25, -0.2) is 4.79 Å². The highest BCUT2D eigenvalue weighted by Crippen LogP contribution is 2.30. The molecule has 2 heterocycles. The first kappa shape index (κ1) is 17.9. The van der Waals surface area contributed by atoms with Gasteiger partial charge in [0, 0.05) is 23.5 Å². The lowest BCUT2D eigenvalue weighted by Crippen LogP contribution is -2.43. The zero-order chi connectivity index (χ0) is 19.5. The first-order valence-electron chi connectivity index (χ1n) is 9.06. The predicted octanol–water partition coefficient (Wildman–Crippen LogP) is 2.29. The fraction of sp³-hybridized carbons (Fsp3) is 0.238. The lowest BCUT2D eigenvalue weighted by atomic mass is 10.0. The summed E-state index contributed by atoms with van der Waals surface area (Å²) >= 11 is 0. The van der Waals surface area contributed by atoms with E-state index in [2.05, 4.69) is 10.3 Å². The molecule has 28 heavy (non-hydrogen) atoms. The van der Waals surface area contributed by atoms with Crippen molar-refractivity contribution in [3.05, 3.63) is 59.8 Å². The number of carbonyl (C=O) groups is 2. The van der Waals surface area contributed by atoms with Gasteiger partial charge >= 0.3 is 5.97 Å². The molecule has 1 aliphatic rings. The third kappa shape index (κ3) is 3.78. The van der Waals surface area contributed by atoms with Crippen molar-refractivity contribution in [1.29, 1.82) is 0 Å². The number of rotatable bonds is 6. The second-order valence-electron chi connectivity index (χ2n) is 6.68. The molecule has 0 spiro atoms. The largest absolute Gasteiger partial charge is 0.486 e. The molecule has 0 aliphatic carbocycles. The number of fused-ring (bicyclic) bond motifs is 2. The number of hydrogen-bond acceptors (Lipinski definition) is 4. The van der Waals surface area contributed by atoms with Crippen LogP contribution in [0.2, 0.25) is 0 Å². The molecule has 3 aromatic rings. The van der Waals surface area contributed by atoms with Gasteiger partial charge in [-0.2, -0.15) is 0 Å². The number of aromatic amines is 1. The first-order valence-corrected chi connectivity index (χ1v) is 9.06. The molecule has 0 saturated carbocycles. The minimum absolute atomic E-state index is 0.0638. The van der Waals surface area contributed by atoms with Crippen LogP contribution < -0.4 is 14.8 Å². The number of para-hydroxylation sites is 1. The standard InChI is InChI=1S/C21H20N2O5/c24-20(10-13-5-6-18-19(9-13)28-8-7-27-18)23-17(21(25)26)11-14-12-22-16-4-2-1-3-15(14)16/h1-6,9,12,17,22H,7-8,10-11H2,(H,23,24)(H,25,26)/t17-/m0/s1. The van der Waals surface area contributed by atoms with Gasteiger partial charge in [0.15, 0.2) is 11.5 Å². The lowest BCUT2D eigenvalue weighted by Gasteiger charge is -2.19. The second-order valence-corrected chi connectivity index (χ2v) is 6.68. The number of aromatic nitrogens is 1. The molecule has 2 aromatic carbocycles. The van der Waals surface area contributed by atoms with Crippen molar-refractivity contribution in [2.24, 2.45) is 0 Å². The minimum Gasteiger partial charge on any atom is -0.486 e. The maximum absolute atomic E-state index is 12.4. The Morgan fingerprint density at radius 1 is 1.11 bits per heavy atom. The number of hydrogen-bond donors (Lipinski definition) is 3. The number of carboxylic acids is 1. The van der Waals surface area contributed by atoms with Gasteiger partial charge in [0.2, 0.25) is 5.91 Å².